The van der Waals surface area contributed by atoms with Crippen LogP contribution in [-0.2, 0) is 23.3 Å². The molecular weight excluding hydrogens is 353 g/mol. The van der Waals surface area contributed by atoms with Crippen molar-refractivity contribution in [2.45, 2.75) is 51.1 Å². The van der Waals surface area contributed by atoms with E-state index in [4.69, 9.17) is 4.98 Å². The van der Waals surface area contributed by atoms with E-state index in [-0.39, 0.29) is 11.7 Å². The van der Waals surface area contributed by atoms with Crippen molar-refractivity contribution >= 4 is 16.9 Å². The molecule has 2 aromatic carbocycles. The molecule has 0 unspecified atom stereocenters. The van der Waals surface area contributed by atoms with E-state index < -0.39 is 5.41 Å². The molecule has 1 aliphatic carbocycles. The number of carbonyl (C=O) groups is 1. The molecule has 4 nitrogen and oxygen atoms in total. The average Bonchev–Trinajstić information content (AvgIpc) is 3.32. The van der Waals surface area contributed by atoms with Crippen LogP contribution in [0.2, 0.25) is 0 Å². The van der Waals surface area contributed by atoms with E-state index in [9.17, 15) is 9.18 Å². The fourth-order valence-corrected chi connectivity index (χ4v) is 4.64. The van der Waals surface area contributed by atoms with Gasteiger partial charge < -0.3 is 9.47 Å². The molecule has 1 saturated carbocycles. The predicted octanol–water partition coefficient (Wildman–Crippen LogP) is 4.67. The van der Waals surface area contributed by atoms with Crippen molar-refractivity contribution in [3.8, 4) is 0 Å². The largest absolute Gasteiger partial charge is 0.338 e. The van der Waals surface area contributed by atoms with Gasteiger partial charge in [-0.1, -0.05) is 37.1 Å². The van der Waals surface area contributed by atoms with Crippen LogP contribution < -0.4 is 0 Å². The quantitative estimate of drug-likeness (QED) is 0.646. The summed E-state index contributed by atoms with van der Waals surface area (Å²) in [7, 11) is 1.83. The molecular formula is C23H26FN3O. The zero-order chi connectivity index (χ0) is 19.7. The number of nitrogens with zero attached hydrogens (tertiary/aromatic N) is 3. The Hall–Kier alpha value is -2.69. The van der Waals surface area contributed by atoms with E-state index >= 15 is 0 Å². The number of fused-ring (bicyclic) bond motifs is 1. The predicted molar refractivity (Wildman–Crippen MR) is 108 cm³/mol. The lowest BCUT2D eigenvalue weighted by Gasteiger charge is -2.33. The Bertz CT molecular complexity index is 1000. The highest BCUT2D eigenvalue weighted by atomic mass is 19.1. The van der Waals surface area contributed by atoms with E-state index in [2.05, 4.69) is 17.6 Å². The third-order valence-electron chi connectivity index (χ3n) is 6.02. The van der Waals surface area contributed by atoms with Gasteiger partial charge in [0.25, 0.3) is 0 Å². The monoisotopic (exact) mass is 379 g/mol. The van der Waals surface area contributed by atoms with Gasteiger partial charge in [-0.2, -0.15) is 0 Å². The van der Waals surface area contributed by atoms with Crippen LogP contribution in [0.4, 0.5) is 4.39 Å². The Balaban J connectivity index is 1.66. The maximum atomic E-state index is 13.9. The first kappa shape index (κ1) is 18.7. The van der Waals surface area contributed by atoms with E-state index in [0.717, 1.165) is 54.6 Å². The van der Waals surface area contributed by atoms with Crippen molar-refractivity contribution in [2.24, 2.45) is 0 Å². The number of amides is 1. The Labute approximate surface area is 165 Å². The van der Waals surface area contributed by atoms with Crippen LogP contribution in [0.5, 0.6) is 0 Å². The zero-order valence-electron chi connectivity index (χ0n) is 16.5. The maximum Gasteiger partial charge on any atom is 0.233 e. The average molecular weight is 379 g/mol. The molecule has 0 radical (unpaired) electrons. The third-order valence-corrected chi connectivity index (χ3v) is 6.02. The molecule has 0 saturated heterocycles. The standard InChI is InChI=1S/C23H26FN3O/c1-3-27-20-12-5-4-11-19(20)25-21(27)16-26(2)22(28)23(13-6-7-14-23)17-9-8-10-18(24)15-17/h4-5,8-12,15H,3,6-7,13-14,16H2,1-2H3. The van der Waals surface area contributed by atoms with E-state index in [1.807, 2.05) is 31.3 Å². The molecule has 0 spiro atoms. The minimum absolute atomic E-state index is 0.0605. The van der Waals surface area contributed by atoms with Gasteiger partial charge >= 0.3 is 0 Å². The van der Waals surface area contributed by atoms with Crippen molar-refractivity contribution in [3.05, 3.63) is 65.7 Å². The summed E-state index contributed by atoms with van der Waals surface area (Å²) in [6.07, 6.45) is 3.51. The first-order chi connectivity index (χ1) is 13.5. The van der Waals surface area contributed by atoms with Crippen molar-refractivity contribution in [1.29, 1.82) is 0 Å². The van der Waals surface area contributed by atoms with Gasteiger partial charge in [-0.15, -0.1) is 0 Å². The lowest BCUT2D eigenvalue weighted by molar-refractivity contribution is -0.136. The third kappa shape index (κ3) is 3.09. The highest BCUT2D eigenvalue weighted by Crippen LogP contribution is 2.42. The number of para-hydroxylation sites is 2. The molecule has 1 amide bonds. The number of hydrogen-bond acceptors (Lipinski definition) is 2. The number of carbonyl (C=O) groups excluding carboxylic acids is 1. The topological polar surface area (TPSA) is 38.1 Å². The molecule has 1 fully saturated rings. The molecule has 0 aliphatic heterocycles. The summed E-state index contributed by atoms with van der Waals surface area (Å²) in [6.45, 7) is 3.33. The molecule has 1 aliphatic rings. The SMILES string of the molecule is CCn1c(CN(C)C(=O)C2(c3cccc(F)c3)CCCC2)nc2ccccc21. The Morgan fingerprint density at radius 2 is 1.93 bits per heavy atom. The molecule has 0 N–H and O–H groups in total. The number of hydrogen-bond donors (Lipinski definition) is 0. The van der Waals surface area contributed by atoms with Gasteiger partial charge in [0.05, 0.1) is 23.0 Å². The van der Waals surface area contributed by atoms with Gasteiger partial charge in [-0.3, -0.25) is 4.79 Å². The minimum Gasteiger partial charge on any atom is -0.338 e. The number of aryl methyl sites for hydroxylation is 1. The van der Waals surface area contributed by atoms with Crippen molar-refractivity contribution in [2.75, 3.05) is 7.05 Å². The van der Waals surface area contributed by atoms with Gasteiger partial charge in [0.15, 0.2) is 0 Å². The minimum atomic E-state index is -0.625. The van der Waals surface area contributed by atoms with Gasteiger partial charge in [0.2, 0.25) is 5.91 Å². The normalized spacial score (nSPS) is 15.8. The number of aromatic nitrogens is 2. The van der Waals surface area contributed by atoms with Gasteiger partial charge in [-0.25, -0.2) is 9.37 Å². The van der Waals surface area contributed by atoms with E-state index in [1.165, 1.54) is 12.1 Å². The highest BCUT2D eigenvalue weighted by Gasteiger charge is 2.44. The lowest BCUT2D eigenvalue weighted by Crippen LogP contribution is -2.43. The molecule has 1 aromatic heterocycles. The summed E-state index contributed by atoms with van der Waals surface area (Å²) >= 11 is 0. The van der Waals surface area contributed by atoms with Crippen LogP contribution in [0.1, 0.15) is 44.0 Å². The second-order valence-electron chi connectivity index (χ2n) is 7.72. The van der Waals surface area contributed by atoms with Crippen molar-refractivity contribution in [1.82, 2.24) is 14.5 Å². The fourth-order valence-electron chi connectivity index (χ4n) is 4.64. The number of halogens is 1. The molecule has 1 heterocycles. The van der Waals surface area contributed by atoms with E-state index in [1.54, 1.807) is 11.0 Å². The van der Waals surface area contributed by atoms with Gasteiger partial charge in [-0.05, 0) is 49.6 Å². The lowest BCUT2D eigenvalue weighted by atomic mass is 9.77. The number of likely N-dealkylation sites (N-methyl/N-ethyl adjacent to an activating group) is 1. The highest BCUT2D eigenvalue weighted by molar-refractivity contribution is 5.88. The van der Waals surface area contributed by atoms with Crippen molar-refractivity contribution in [3.63, 3.8) is 0 Å². The number of imidazole rings is 1. The second kappa shape index (κ2) is 7.38. The van der Waals surface area contributed by atoms with Crippen LogP contribution in [0.3, 0.4) is 0 Å². The van der Waals surface area contributed by atoms with Crippen LogP contribution in [0.15, 0.2) is 48.5 Å². The van der Waals surface area contributed by atoms with Crippen LogP contribution in [-0.4, -0.2) is 27.4 Å². The molecule has 4 rings (SSSR count). The van der Waals surface area contributed by atoms with Crippen LogP contribution in [0.25, 0.3) is 11.0 Å². The van der Waals surface area contributed by atoms with Gasteiger partial charge in [0.1, 0.15) is 11.6 Å². The summed E-state index contributed by atoms with van der Waals surface area (Å²) in [5.41, 5.74) is 2.20. The summed E-state index contributed by atoms with van der Waals surface area (Å²) < 4.78 is 16.0. The summed E-state index contributed by atoms with van der Waals surface area (Å²) in [6, 6.07) is 14.6. The molecule has 0 bridgehead atoms. The van der Waals surface area contributed by atoms with Crippen molar-refractivity contribution < 1.29 is 9.18 Å². The Morgan fingerprint density at radius 1 is 1.18 bits per heavy atom. The van der Waals surface area contributed by atoms with Crippen LogP contribution in [0, 0.1) is 5.82 Å². The Morgan fingerprint density at radius 3 is 2.64 bits per heavy atom. The smallest absolute Gasteiger partial charge is 0.233 e. The second-order valence-corrected chi connectivity index (χ2v) is 7.72. The summed E-state index contributed by atoms with van der Waals surface area (Å²) in [4.78, 5) is 20.1. The molecule has 3 aromatic rings. The molecule has 5 heteroatoms. The Kier molecular flexibility index (Phi) is 4.92. The summed E-state index contributed by atoms with van der Waals surface area (Å²) in [5.74, 6) is 0.657. The fraction of sp³-hybridized carbons (Fsp3) is 0.391. The van der Waals surface area contributed by atoms with Crippen LogP contribution >= 0.6 is 0 Å². The summed E-state index contributed by atoms with van der Waals surface area (Å²) in [5, 5.41) is 0. The van der Waals surface area contributed by atoms with E-state index in [0.29, 0.717) is 6.54 Å². The first-order valence-electron chi connectivity index (χ1n) is 10.0. The zero-order valence-corrected chi connectivity index (χ0v) is 16.5. The molecule has 28 heavy (non-hydrogen) atoms. The van der Waals surface area contributed by atoms with Gasteiger partial charge in [0, 0.05) is 13.6 Å². The number of benzene rings is 2. The maximum absolute atomic E-state index is 13.9. The molecule has 146 valence electrons. The first-order valence-corrected chi connectivity index (χ1v) is 10.0. The number of rotatable bonds is 5. The molecule has 0 atom stereocenters.